The number of rotatable bonds is 8. The number of hydrogen-bond donors (Lipinski definition) is 2. The zero-order chi connectivity index (χ0) is 23.3. The highest BCUT2D eigenvalue weighted by molar-refractivity contribution is 8.18. The summed E-state index contributed by atoms with van der Waals surface area (Å²) < 4.78 is 5.31. The van der Waals surface area contributed by atoms with E-state index in [-0.39, 0.29) is 18.0 Å². The van der Waals surface area contributed by atoms with Gasteiger partial charge in [0.15, 0.2) is 11.3 Å². The van der Waals surface area contributed by atoms with Crippen molar-refractivity contribution in [3.05, 3.63) is 77.2 Å². The summed E-state index contributed by atoms with van der Waals surface area (Å²) >= 11 is 1.17. The number of aliphatic carboxylic acids is 1. The van der Waals surface area contributed by atoms with Gasteiger partial charge in [0.1, 0.15) is 5.75 Å². The fourth-order valence-corrected chi connectivity index (χ4v) is 3.76. The molecule has 164 valence electrons. The molecule has 1 fully saturated rings. The summed E-state index contributed by atoms with van der Waals surface area (Å²) in [6.07, 6.45) is 2.31. The maximum absolute atomic E-state index is 12.9. The predicted octanol–water partition coefficient (Wildman–Crippen LogP) is 4.03. The molecule has 0 aromatic heterocycles. The van der Waals surface area contributed by atoms with E-state index >= 15 is 0 Å². The van der Waals surface area contributed by atoms with Crippen molar-refractivity contribution in [3.63, 3.8) is 0 Å². The van der Waals surface area contributed by atoms with E-state index < -0.39 is 18.0 Å². The smallest absolute Gasteiger partial charge is 0.344 e. The maximum atomic E-state index is 12.9. The number of ether oxygens (including phenoxy) is 1. The third kappa shape index (κ3) is 5.44. The molecular weight excluding hydrogens is 432 g/mol. The van der Waals surface area contributed by atoms with Crippen molar-refractivity contribution in [2.75, 3.05) is 6.54 Å². The second-order valence-electron chi connectivity index (χ2n) is 6.73. The number of benzene rings is 2. The SMILES string of the molecule is C=CCN1C(=O)/C(=C/c2ccc(OC(C)C(=O)O)cc2)SC1=Nc1cccc(C(=O)O)c1. The number of thioether (sulfide) groups is 1. The average Bonchev–Trinajstić information content (AvgIpc) is 3.04. The van der Waals surface area contributed by atoms with Crippen molar-refractivity contribution in [1.29, 1.82) is 0 Å². The molecular formula is C23H20N2O6S. The zero-order valence-corrected chi connectivity index (χ0v) is 17.9. The van der Waals surface area contributed by atoms with Crippen LogP contribution in [0.15, 0.2) is 71.1 Å². The molecule has 2 aromatic rings. The third-order valence-electron chi connectivity index (χ3n) is 4.36. The number of carbonyl (C=O) groups is 3. The lowest BCUT2D eigenvalue weighted by molar-refractivity contribution is -0.144. The van der Waals surface area contributed by atoms with Gasteiger partial charge < -0.3 is 14.9 Å². The molecule has 2 aromatic carbocycles. The van der Waals surface area contributed by atoms with E-state index in [1.165, 1.54) is 35.7 Å². The van der Waals surface area contributed by atoms with Crippen LogP contribution in [0.4, 0.5) is 5.69 Å². The third-order valence-corrected chi connectivity index (χ3v) is 5.36. The second-order valence-corrected chi connectivity index (χ2v) is 7.74. The molecule has 1 atom stereocenters. The number of carbonyl (C=O) groups excluding carboxylic acids is 1. The molecule has 1 unspecified atom stereocenters. The summed E-state index contributed by atoms with van der Waals surface area (Å²) in [5.74, 6) is -1.97. The minimum atomic E-state index is -1.06. The van der Waals surface area contributed by atoms with Gasteiger partial charge in [0.2, 0.25) is 0 Å². The van der Waals surface area contributed by atoms with Crippen LogP contribution in [-0.2, 0) is 9.59 Å². The summed E-state index contributed by atoms with van der Waals surface area (Å²) in [7, 11) is 0. The maximum Gasteiger partial charge on any atom is 0.344 e. The lowest BCUT2D eigenvalue weighted by Gasteiger charge is -2.12. The van der Waals surface area contributed by atoms with Gasteiger partial charge in [-0.15, -0.1) is 6.58 Å². The van der Waals surface area contributed by atoms with Gasteiger partial charge in [-0.2, -0.15) is 0 Å². The fraction of sp³-hybridized carbons (Fsp3) is 0.130. The van der Waals surface area contributed by atoms with E-state index in [1.54, 1.807) is 48.6 Å². The Labute approximate surface area is 188 Å². The van der Waals surface area contributed by atoms with Crippen molar-refractivity contribution in [3.8, 4) is 5.75 Å². The van der Waals surface area contributed by atoms with Gasteiger partial charge in [-0.1, -0.05) is 24.3 Å². The number of amides is 1. The van der Waals surface area contributed by atoms with Crippen LogP contribution in [0.2, 0.25) is 0 Å². The summed E-state index contributed by atoms with van der Waals surface area (Å²) in [6.45, 7) is 5.37. The van der Waals surface area contributed by atoms with Crippen molar-refractivity contribution < 1.29 is 29.3 Å². The van der Waals surface area contributed by atoms with Crippen LogP contribution < -0.4 is 4.74 Å². The van der Waals surface area contributed by atoms with Crippen LogP contribution in [0, 0.1) is 0 Å². The largest absolute Gasteiger partial charge is 0.479 e. The van der Waals surface area contributed by atoms with Crippen molar-refractivity contribution in [2.24, 2.45) is 4.99 Å². The Balaban J connectivity index is 1.85. The molecule has 1 saturated heterocycles. The van der Waals surface area contributed by atoms with Gasteiger partial charge in [-0.25, -0.2) is 14.6 Å². The van der Waals surface area contributed by atoms with Gasteiger partial charge >= 0.3 is 11.9 Å². The average molecular weight is 452 g/mol. The Morgan fingerprint density at radius 2 is 1.94 bits per heavy atom. The lowest BCUT2D eigenvalue weighted by atomic mass is 10.2. The standard InChI is InChI=1S/C23H20N2O6S/c1-3-11-25-20(26)19(12-15-7-9-18(10-8-15)31-14(2)21(27)28)32-23(25)24-17-6-4-5-16(13-17)22(29)30/h3-10,12-14H,1,11H2,2H3,(H,27,28)(H,29,30)/b19-12-,24-23?. The number of nitrogens with zero attached hydrogens (tertiary/aromatic N) is 2. The number of aromatic carboxylic acids is 1. The quantitative estimate of drug-likeness (QED) is 0.459. The molecule has 9 heteroatoms. The first kappa shape index (κ1) is 22.8. The van der Waals surface area contributed by atoms with E-state index in [0.29, 0.717) is 21.5 Å². The number of hydrogen-bond acceptors (Lipinski definition) is 6. The molecule has 1 amide bonds. The molecule has 8 nitrogen and oxygen atoms in total. The number of aliphatic imine (C=N–C) groups is 1. The van der Waals surface area contributed by atoms with Crippen molar-refractivity contribution in [1.82, 2.24) is 4.90 Å². The van der Waals surface area contributed by atoms with E-state index in [9.17, 15) is 19.5 Å². The Kier molecular flexibility index (Phi) is 7.11. The van der Waals surface area contributed by atoms with E-state index in [2.05, 4.69) is 11.6 Å². The number of carboxylic acid groups (broad SMARTS) is 2. The van der Waals surface area contributed by atoms with Gasteiger partial charge in [-0.05, 0) is 60.7 Å². The Morgan fingerprint density at radius 1 is 1.22 bits per heavy atom. The monoisotopic (exact) mass is 452 g/mol. The fourth-order valence-electron chi connectivity index (χ4n) is 2.75. The minimum Gasteiger partial charge on any atom is -0.479 e. The first-order valence-corrected chi connectivity index (χ1v) is 10.3. The summed E-state index contributed by atoms with van der Waals surface area (Å²) in [6, 6.07) is 12.8. The second kappa shape index (κ2) is 9.97. The van der Waals surface area contributed by atoms with Crippen LogP contribution >= 0.6 is 11.8 Å². The molecule has 0 aliphatic carbocycles. The van der Waals surface area contributed by atoms with Crippen LogP contribution in [0.1, 0.15) is 22.8 Å². The molecule has 0 spiro atoms. The van der Waals surface area contributed by atoms with Crippen LogP contribution in [0.25, 0.3) is 6.08 Å². The van der Waals surface area contributed by atoms with Gasteiger partial charge in [0.25, 0.3) is 5.91 Å². The summed E-state index contributed by atoms with van der Waals surface area (Å²) in [4.78, 5) is 41.4. The molecule has 3 rings (SSSR count). The molecule has 0 bridgehead atoms. The van der Waals surface area contributed by atoms with Crippen LogP contribution in [0.5, 0.6) is 5.75 Å². The van der Waals surface area contributed by atoms with E-state index in [1.807, 2.05) is 0 Å². The molecule has 0 saturated carbocycles. The van der Waals surface area contributed by atoms with Gasteiger partial charge in [-0.3, -0.25) is 9.69 Å². The normalized spacial score (nSPS) is 16.9. The van der Waals surface area contributed by atoms with E-state index in [4.69, 9.17) is 9.84 Å². The molecule has 1 heterocycles. The number of carboxylic acids is 2. The lowest BCUT2D eigenvalue weighted by Crippen LogP contribution is -2.29. The molecule has 2 N–H and O–H groups in total. The van der Waals surface area contributed by atoms with Crippen LogP contribution in [0.3, 0.4) is 0 Å². The molecule has 1 aliphatic rings. The first-order valence-electron chi connectivity index (χ1n) is 9.52. The van der Waals surface area contributed by atoms with Crippen molar-refractivity contribution >= 4 is 46.5 Å². The minimum absolute atomic E-state index is 0.103. The zero-order valence-electron chi connectivity index (χ0n) is 17.1. The van der Waals surface area contributed by atoms with E-state index in [0.717, 1.165) is 5.56 Å². The van der Waals surface area contributed by atoms with Gasteiger partial charge in [0, 0.05) is 6.54 Å². The highest BCUT2D eigenvalue weighted by Gasteiger charge is 2.32. The van der Waals surface area contributed by atoms with Crippen LogP contribution in [-0.4, -0.2) is 50.8 Å². The Hall–Kier alpha value is -3.85. The Morgan fingerprint density at radius 3 is 2.56 bits per heavy atom. The molecule has 0 radical (unpaired) electrons. The highest BCUT2D eigenvalue weighted by atomic mass is 32.2. The summed E-state index contributed by atoms with van der Waals surface area (Å²) in [5.41, 5.74) is 1.25. The summed E-state index contributed by atoms with van der Waals surface area (Å²) in [5, 5.41) is 18.5. The first-order chi connectivity index (χ1) is 15.3. The number of amidine groups is 1. The molecule has 1 aliphatic heterocycles. The highest BCUT2D eigenvalue weighted by Crippen LogP contribution is 2.34. The van der Waals surface area contributed by atoms with Gasteiger partial charge in [0.05, 0.1) is 16.2 Å². The molecule has 32 heavy (non-hydrogen) atoms. The topological polar surface area (TPSA) is 117 Å². The Bertz CT molecular complexity index is 1120. The predicted molar refractivity (Wildman–Crippen MR) is 122 cm³/mol. The van der Waals surface area contributed by atoms with Crippen molar-refractivity contribution in [2.45, 2.75) is 13.0 Å².